The number of halogens is 2. The number of aromatic nitrogens is 2. The zero-order valence-corrected chi connectivity index (χ0v) is 13.5. The molecule has 0 saturated carbocycles. The number of carbonyl (C=O) groups excluding carboxylic acids is 1. The average molecular weight is 338 g/mol. The van der Waals surface area contributed by atoms with Crippen LogP contribution in [0.5, 0.6) is 0 Å². The number of likely N-dealkylation sites (tertiary alicyclic amines) is 1. The van der Waals surface area contributed by atoms with Crippen molar-refractivity contribution in [3.63, 3.8) is 0 Å². The van der Waals surface area contributed by atoms with Crippen LogP contribution < -0.4 is 0 Å². The highest BCUT2D eigenvalue weighted by molar-refractivity contribution is 6.30. The van der Waals surface area contributed by atoms with Gasteiger partial charge in [0, 0.05) is 25.9 Å². The summed E-state index contributed by atoms with van der Waals surface area (Å²) in [7, 11) is 0. The van der Waals surface area contributed by atoms with E-state index in [2.05, 4.69) is 10.1 Å². The minimum Gasteiger partial charge on any atom is -0.342 e. The molecule has 122 valence electrons. The summed E-state index contributed by atoms with van der Waals surface area (Å²) >= 11 is 5.77. The van der Waals surface area contributed by atoms with Crippen LogP contribution in [0.3, 0.4) is 0 Å². The third kappa shape index (κ3) is 3.37. The van der Waals surface area contributed by atoms with Crippen molar-refractivity contribution >= 4 is 17.5 Å². The topological polar surface area (TPSA) is 59.2 Å². The van der Waals surface area contributed by atoms with Gasteiger partial charge in [-0.25, -0.2) is 4.39 Å². The zero-order valence-electron chi connectivity index (χ0n) is 12.8. The lowest BCUT2D eigenvalue weighted by Gasteiger charge is -2.13. The van der Waals surface area contributed by atoms with E-state index in [1.807, 2.05) is 11.8 Å². The number of hydrogen-bond donors (Lipinski definition) is 0. The van der Waals surface area contributed by atoms with Gasteiger partial charge >= 0.3 is 0 Å². The van der Waals surface area contributed by atoms with Crippen LogP contribution in [0.1, 0.15) is 43.0 Å². The normalized spacial score (nSPS) is 17.7. The number of carbonyl (C=O) groups is 1. The second kappa shape index (κ2) is 6.66. The molecule has 1 atom stereocenters. The maximum absolute atomic E-state index is 13.9. The van der Waals surface area contributed by atoms with Gasteiger partial charge in [0.25, 0.3) is 0 Å². The fraction of sp³-hybridized carbons (Fsp3) is 0.438. The molecule has 1 aliphatic rings. The van der Waals surface area contributed by atoms with Crippen LogP contribution in [0.15, 0.2) is 22.7 Å². The fourth-order valence-electron chi connectivity index (χ4n) is 2.77. The van der Waals surface area contributed by atoms with Crippen LogP contribution in [0.4, 0.5) is 4.39 Å². The SMILES string of the molecule is CCC(=O)N1CC[C@@H](c2nc(Cc3cccc(Cl)c3F)no2)C1. The van der Waals surface area contributed by atoms with Crippen LogP contribution in [-0.2, 0) is 11.2 Å². The van der Waals surface area contributed by atoms with Gasteiger partial charge in [0.05, 0.1) is 10.9 Å². The number of nitrogens with zero attached hydrogens (tertiary/aromatic N) is 3. The molecule has 7 heteroatoms. The highest BCUT2D eigenvalue weighted by Crippen LogP contribution is 2.27. The maximum Gasteiger partial charge on any atom is 0.231 e. The third-order valence-electron chi connectivity index (χ3n) is 4.06. The van der Waals surface area contributed by atoms with Crippen molar-refractivity contribution in [2.45, 2.75) is 32.1 Å². The Labute approximate surface area is 138 Å². The van der Waals surface area contributed by atoms with Gasteiger partial charge in [0.15, 0.2) is 5.82 Å². The second-order valence-electron chi connectivity index (χ2n) is 5.62. The van der Waals surface area contributed by atoms with Crippen molar-refractivity contribution < 1.29 is 13.7 Å². The summed E-state index contributed by atoms with van der Waals surface area (Å²) in [5.41, 5.74) is 0.430. The maximum atomic E-state index is 13.9. The first kappa shape index (κ1) is 15.9. The summed E-state index contributed by atoms with van der Waals surface area (Å²) in [6.07, 6.45) is 1.52. The van der Waals surface area contributed by atoms with E-state index in [1.165, 1.54) is 6.07 Å². The molecule has 1 aromatic carbocycles. The van der Waals surface area contributed by atoms with Gasteiger partial charge in [0.2, 0.25) is 11.8 Å². The Morgan fingerprint density at radius 3 is 3.13 bits per heavy atom. The lowest BCUT2D eigenvalue weighted by Crippen LogP contribution is -2.27. The van der Waals surface area contributed by atoms with E-state index in [0.717, 1.165) is 6.42 Å². The molecule has 0 spiro atoms. The minimum atomic E-state index is -0.457. The summed E-state index contributed by atoms with van der Waals surface area (Å²) in [5.74, 6) is 0.653. The van der Waals surface area contributed by atoms with Crippen LogP contribution in [0, 0.1) is 5.82 Å². The number of hydrogen-bond acceptors (Lipinski definition) is 4. The van der Waals surface area contributed by atoms with Gasteiger partial charge in [-0.1, -0.05) is 35.8 Å². The van der Waals surface area contributed by atoms with E-state index in [9.17, 15) is 9.18 Å². The second-order valence-corrected chi connectivity index (χ2v) is 6.02. The van der Waals surface area contributed by atoms with E-state index >= 15 is 0 Å². The molecule has 2 aromatic rings. The first-order chi connectivity index (χ1) is 11.1. The first-order valence-corrected chi connectivity index (χ1v) is 7.99. The molecule has 5 nitrogen and oxygen atoms in total. The standard InChI is InChI=1S/C16H17ClFN3O2/c1-2-14(22)21-7-6-11(9-21)16-19-13(20-23-16)8-10-4-3-5-12(17)15(10)18/h3-5,11H,2,6-9H2,1H3/t11-/m1/s1. The molecule has 0 aliphatic carbocycles. The summed E-state index contributed by atoms with van der Waals surface area (Å²) in [5, 5.41) is 4.00. The Balaban J connectivity index is 1.69. The molecule has 1 saturated heterocycles. The highest BCUT2D eigenvalue weighted by Gasteiger charge is 2.30. The highest BCUT2D eigenvalue weighted by atomic mass is 35.5. The van der Waals surface area contributed by atoms with Crippen molar-refractivity contribution in [2.24, 2.45) is 0 Å². The predicted molar refractivity (Wildman–Crippen MR) is 82.7 cm³/mol. The molecule has 0 N–H and O–H groups in total. The van der Waals surface area contributed by atoms with Crippen LogP contribution in [-0.4, -0.2) is 34.0 Å². The van der Waals surface area contributed by atoms with Gasteiger partial charge < -0.3 is 9.42 Å². The first-order valence-electron chi connectivity index (χ1n) is 7.61. The van der Waals surface area contributed by atoms with E-state index in [4.69, 9.17) is 16.1 Å². The Kier molecular flexibility index (Phi) is 4.61. The molecule has 0 bridgehead atoms. The summed E-state index contributed by atoms with van der Waals surface area (Å²) in [6.45, 7) is 3.15. The lowest BCUT2D eigenvalue weighted by molar-refractivity contribution is -0.129. The summed E-state index contributed by atoms with van der Waals surface area (Å²) in [6, 6.07) is 4.83. The lowest BCUT2D eigenvalue weighted by atomic mass is 10.1. The third-order valence-corrected chi connectivity index (χ3v) is 4.35. The van der Waals surface area contributed by atoms with Crippen LogP contribution in [0.25, 0.3) is 0 Å². The molecule has 1 amide bonds. The van der Waals surface area contributed by atoms with E-state index < -0.39 is 5.82 Å². The van der Waals surface area contributed by atoms with E-state index in [-0.39, 0.29) is 23.3 Å². The Hall–Kier alpha value is -1.95. The monoisotopic (exact) mass is 337 g/mol. The van der Waals surface area contributed by atoms with Gasteiger partial charge in [-0.2, -0.15) is 4.98 Å². The smallest absolute Gasteiger partial charge is 0.231 e. The summed E-state index contributed by atoms with van der Waals surface area (Å²) in [4.78, 5) is 17.9. The molecule has 2 heterocycles. The molecule has 1 fully saturated rings. The molecular formula is C16H17ClFN3O2. The Bertz CT molecular complexity index is 719. The molecule has 3 rings (SSSR count). The summed E-state index contributed by atoms with van der Waals surface area (Å²) < 4.78 is 19.2. The Morgan fingerprint density at radius 2 is 2.35 bits per heavy atom. The van der Waals surface area contributed by atoms with Crippen LogP contribution >= 0.6 is 11.6 Å². The number of rotatable bonds is 4. The Morgan fingerprint density at radius 1 is 1.52 bits per heavy atom. The molecule has 1 aliphatic heterocycles. The zero-order chi connectivity index (χ0) is 16.4. The van der Waals surface area contributed by atoms with Gasteiger partial charge in [0.1, 0.15) is 5.82 Å². The fourth-order valence-corrected chi connectivity index (χ4v) is 2.97. The van der Waals surface area contributed by atoms with Crippen molar-refractivity contribution in [1.82, 2.24) is 15.0 Å². The van der Waals surface area contributed by atoms with Gasteiger partial charge in [-0.15, -0.1) is 0 Å². The number of benzene rings is 1. The molecule has 0 radical (unpaired) electrons. The molecule has 23 heavy (non-hydrogen) atoms. The number of amides is 1. The van der Waals surface area contributed by atoms with Crippen molar-refractivity contribution in [2.75, 3.05) is 13.1 Å². The molecular weight excluding hydrogens is 321 g/mol. The van der Waals surface area contributed by atoms with Crippen molar-refractivity contribution in [1.29, 1.82) is 0 Å². The average Bonchev–Trinajstić information content (AvgIpc) is 3.20. The molecule has 1 aromatic heterocycles. The quantitative estimate of drug-likeness (QED) is 0.859. The molecule has 0 unspecified atom stereocenters. The minimum absolute atomic E-state index is 0.0518. The van der Waals surface area contributed by atoms with E-state index in [1.54, 1.807) is 12.1 Å². The van der Waals surface area contributed by atoms with Crippen molar-refractivity contribution in [3.8, 4) is 0 Å². The van der Waals surface area contributed by atoms with Gasteiger partial charge in [-0.3, -0.25) is 4.79 Å². The largest absolute Gasteiger partial charge is 0.342 e. The van der Waals surface area contributed by atoms with E-state index in [0.29, 0.717) is 36.8 Å². The van der Waals surface area contributed by atoms with Crippen LogP contribution in [0.2, 0.25) is 5.02 Å². The van der Waals surface area contributed by atoms with Crippen molar-refractivity contribution in [3.05, 3.63) is 46.3 Å². The predicted octanol–water partition coefficient (Wildman–Crippen LogP) is 3.18. The van der Waals surface area contributed by atoms with Gasteiger partial charge in [-0.05, 0) is 18.1 Å².